The quantitative estimate of drug-likeness (QED) is 0.522. The van der Waals surface area contributed by atoms with E-state index in [9.17, 15) is 9.59 Å². The van der Waals surface area contributed by atoms with Crippen molar-refractivity contribution in [3.63, 3.8) is 0 Å². The van der Waals surface area contributed by atoms with Crippen molar-refractivity contribution in [1.82, 2.24) is 9.72 Å². The second kappa shape index (κ2) is 6.57. The maximum absolute atomic E-state index is 13.0. The van der Waals surface area contributed by atoms with Gasteiger partial charge in [-0.25, -0.2) is 4.79 Å². The number of methoxy groups -OCH3 is 1. The number of ether oxygens (including phenoxy) is 1. The van der Waals surface area contributed by atoms with E-state index in [1.165, 1.54) is 7.11 Å². The Morgan fingerprint density at radius 1 is 1.04 bits per heavy atom. The standard InChI is InChI=1S/C21H16N2O4/c1-23-17(13-8-10-15(11-9-13)21(25)26-2)12-16-18(20(23)24)19(27-22-16)14-6-4-3-5-7-14/h3-12H,1-2H3. The molecule has 0 bridgehead atoms. The number of benzene rings is 2. The van der Waals surface area contributed by atoms with E-state index in [1.807, 2.05) is 30.3 Å². The number of fused-ring (bicyclic) bond motifs is 1. The van der Waals surface area contributed by atoms with Crippen molar-refractivity contribution >= 4 is 16.9 Å². The summed E-state index contributed by atoms with van der Waals surface area (Å²) >= 11 is 0. The number of carbonyl (C=O) groups is 1. The topological polar surface area (TPSA) is 74.3 Å². The first-order valence-corrected chi connectivity index (χ1v) is 8.33. The molecule has 0 aliphatic rings. The molecular formula is C21H16N2O4. The molecule has 0 radical (unpaired) electrons. The van der Waals surface area contributed by atoms with Crippen molar-refractivity contribution in [1.29, 1.82) is 0 Å². The van der Waals surface area contributed by atoms with Crippen LogP contribution in [-0.2, 0) is 11.8 Å². The van der Waals surface area contributed by atoms with Crippen LogP contribution in [0.4, 0.5) is 0 Å². The van der Waals surface area contributed by atoms with Crippen molar-refractivity contribution in [3.8, 4) is 22.6 Å². The van der Waals surface area contributed by atoms with Crippen molar-refractivity contribution in [2.24, 2.45) is 7.05 Å². The van der Waals surface area contributed by atoms with E-state index in [0.717, 1.165) is 11.1 Å². The zero-order valence-corrected chi connectivity index (χ0v) is 14.8. The molecule has 6 heteroatoms. The Morgan fingerprint density at radius 2 is 1.74 bits per heavy atom. The first-order valence-electron chi connectivity index (χ1n) is 8.33. The van der Waals surface area contributed by atoms with Gasteiger partial charge in [0.2, 0.25) is 0 Å². The molecule has 2 heterocycles. The smallest absolute Gasteiger partial charge is 0.337 e. The maximum Gasteiger partial charge on any atom is 0.337 e. The average molecular weight is 360 g/mol. The number of esters is 1. The molecule has 2 aromatic carbocycles. The molecule has 134 valence electrons. The van der Waals surface area contributed by atoms with Crippen LogP contribution in [0.2, 0.25) is 0 Å². The molecule has 4 rings (SSSR count). The van der Waals surface area contributed by atoms with Crippen LogP contribution in [0.15, 0.2) is 70.0 Å². The molecule has 0 saturated carbocycles. The van der Waals surface area contributed by atoms with Gasteiger partial charge in [-0.1, -0.05) is 47.6 Å². The lowest BCUT2D eigenvalue weighted by molar-refractivity contribution is 0.0601. The molecule has 0 N–H and O–H groups in total. The van der Waals surface area contributed by atoms with Crippen LogP contribution in [-0.4, -0.2) is 22.8 Å². The summed E-state index contributed by atoms with van der Waals surface area (Å²) in [5, 5.41) is 4.52. The van der Waals surface area contributed by atoms with Gasteiger partial charge in [-0.05, 0) is 23.8 Å². The van der Waals surface area contributed by atoms with Gasteiger partial charge in [0.05, 0.1) is 18.4 Å². The molecule has 0 amide bonds. The highest BCUT2D eigenvalue weighted by atomic mass is 16.5. The SMILES string of the molecule is COC(=O)c1ccc(-c2cc3noc(-c4ccccc4)c3c(=O)n2C)cc1. The molecular weight excluding hydrogens is 344 g/mol. The zero-order chi connectivity index (χ0) is 19.0. The average Bonchev–Trinajstić information content (AvgIpc) is 3.15. The molecule has 0 saturated heterocycles. The van der Waals surface area contributed by atoms with Crippen LogP contribution >= 0.6 is 0 Å². The second-order valence-corrected chi connectivity index (χ2v) is 6.10. The Hall–Kier alpha value is -3.67. The number of hydrogen-bond acceptors (Lipinski definition) is 5. The molecule has 0 spiro atoms. The lowest BCUT2D eigenvalue weighted by atomic mass is 10.1. The third kappa shape index (κ3) is 2.81. The lowest BCUT2D eigenvalue weighted by Crippen LogP contribution is -2.18. The van der Waals surface area contributed by atoms with E-state index in [0.29, 0.717) is 27.9 Å². The molecule has 0 unspecified atom stereocenters. The number of pyridine rings is 1. The predicted octanol–water partition coefficient (Wildman–Crippen LogP) is 3.65. The summed E-state index contributed by atoms with van der Waals surface area (Å²) in [6, 6.07) is 18.1. The van der Waals surface area contributed by atoms with Gasteiger partial charge in [0.25, 0.3) is 5.56 Å². The minimum absolute atomic E-state index is 0.195. The molecule has 2 aromatic heterocycles. The van der Waals surface area contributed by atoms with Crippen molar-refractivity contribution in [2.45, 2.75) is 0 Å². The lowest BCUT2D eigenvalue weighted by Gasteiger charge is -2.09. The third-order valence-corrected chi connectivity index (χ3v) is 4.51. The minimum atomic E-state index is -0.408. The third-order valence-electron chi connectivity index (χ3n) is 4.51. The summed E-state index contributed by atoms with van der Waals surface area (Å²) in [4.78, 5) is 24.6. The van der Waals surface area contributed by atoms with Crippen molar-refractivity contribution < 1.29 is 14.1 Å². The highest BCUT2D eigenvalue weighted by Crippen LogP contribution is 2.29. The molecule has 0 aliphatic heterocycles. The monoisotopic (exact) mass is 360 g/mol. The first-order chi connectivity index (χ1) is 13.1. The fourth-order valence-corrected chi connectivity index (χ4v) is 3.07. The summed E-state index contributed by atoms with van der Waals surface area (Å²) in [5.41, 5.74) is 3.00. The van der Waals surface area contributed by atoms with E-state index in [1.54, 1.807) is 41.9 Å². The molecule has 0 fully saturated rings. The summed E-state index contributed by atoms with van der Waals surface area (Å²) in [6.07, 6.45) is 0. The van der Waals surface area contributed by atoms with Crippen molar-refractivity contribution in [2.75, 3.05) is 7.11 Å². The van der Waals surface area contributed by atoms with Gasteiger partial charge in [-0.3, -0.25) is 4.79 Å². The predicted molar refractivity (Wildman–Crippen MR) is 101 cm³/mol. The van der Waals surface area contributed by atoms with E-state index in [4.69, 9.17) is 9.26 Å². The Morgan fingerprint density at radius 3 is 2.41 bits per heavy atom. The highest BCUT2D eigenvalue weighted by molar-refractivity contribution is 5.93. The van der Waals surface area contributed by atoms with Crippen LogP contribution in [0.1, 0.15) is 10.4 Å². The van der Waals surface area contributed by atoms with Crippen LogP contribution in [0.3, 0.4) is 0 Å². The van der Waals surface area contributed by atoms with Crippen LogP contribution in [0.25, 0.3) is 33.5 Å². The Balaban J connectivity index is 1.86. The molecule has 0 aliphatic carbocycles. The molecule has 6 nitrogen and oxygen atoms in total. The van der Waals surface area contributed by atoms with E-state index >= 15 is 0 Å². The van der Waals surface area contributed by atoms with E-state index in [-0.39, 0.29) is 5.56 Å². The van der Waals surface area contributed by atoms with Gasteiger partial charge in [-0.15, -0.1) is 0 Å². The molecule has 4 aromatic rings. The van der Waals surface area contributed by atoms with Gasteiger partial charge < -0.3 is 13.8 Å². The zero-order valence-electron chi connectivity index (χ0n) is 14.8. The molecule has 0 atom stereocenters. The van der Waals surface area contributed by atoms with Crippen LogP contribution in [0.5, 0.6) is 0 Å². The number of nitrogens with zero attached hydrogens (tertiary/aromatic N) is 2. The van der Waals surface area contributed by atoms with E-state index < -0.39 is 5.97 Å². The number of aromatic nitrogens is 2. The maximum atomic E-state index is 13.0. The number of rotatable bonds is 3. The Bertz CT molecular complexity index is 1190. The summed E-state index contributed by atoms with van der Waals surface area (Å²) in [6.45, 7) is 0. The van der Waals surface area contributed by atoms with E-state index in [2.05, 4.69) is 5.16 Å². The fourth-order valence-electron chi connectivity index (χ4n) is 3.07. The second-order valence-electron chi connectivity index (χ2n) is 6.10. The highest BCUT2D eigenvalue weighted by Gasteiger charge is 2.18. The number of hydrogen-bond donors (Lipinski definition) is 0. The fraction of sp³-hybridized carbons (Fsp3) is 0.0952. The van der Waals surface area contributed by atoms with Crippen molar-refractivity contribution in [3.05, 3.63) is 76.6 Å². The van der Waals surface area contributed by atoms with Gasteiger partial charge in [0.1, 0.15) is 10.9 Å². The largest absolute Gasteiger partial charge is 0.465 e. The van der Waals surface area contributed by atoms with Gasteiger partial charge in [-0.2, -0.15) is 0 Å². The first kappa shape index (κ1) is 16.8. The van der Waals surface area contributed by atoms with Gasteiger partial charge >= 0.3 is 5.97 Å². The Kier molecular flexibility index (Phi) is 4.08. The van der Waals surface area contributed by atoms with Crippen LogP contribution < -0.4 is 5.56 Å². The molecule has 27 heavy (non-hydrogen) atoms. The summed E-state index contributed by atoms with van der Waals surface area (Å²) in [5.74, 6) is 0.0497. The van der Waals surface area contributed by atoms with Gasteiger partial charge in [0.15, 0.2) is 5.76 Å². The van der Waals surface area contributed by atoms with Crippen LogP contribution in [0, 0.1) is 0 Å². The normalized spacial score (nSPS) is 10.9. The minimum Gasteiger partial charge on any atom is -0.465 e. The summed E-state index contributed by atoms with van der Waals surface area (Å²) in [7, 11) is 3.04. The van der Waals surface area contributed by atoms with Gasteiger partial charge in [0, 0.05) is 12.6 Å². The Labute approximate surface area is 154 Å². The number of carbonyl (C=O) groups excluding carboxylic acids is 1. The summed E-state index contributed by atoms with van der Waals surface area (Å²) < 4.78 is 11.7.